The van der Waals surface area contributed by atoms with Gasteiger partial charge in [-0.3, -0.25) is 9.59 Å². The van der Waals surface area contributed by atoms with Crippen LogP contribution < -0.4 is 10.3 Å². The van der Waals surface area contributed by atoms with Gasteiger partial charge in [-0.15, -0.1) is 0 Å². The molecule has 0 bridgehead atoms. The highest BCUT2D eigenvalue weighted by molar-refractivity contribution is 5.96. The Hall–Kier alpha value is -2.40. The minimum Gasteiger partial charge on any atom is -0.468 e. The second-order valence-corrected chi connectivity index (χ2v) is 4.62. The molecule has 21 heavy (non-hydrogen) atoms. The van der Waals surface area contributed by atoms with Gasteiger partial charge in [0.2, 0.25) is 0 Å². The van der Waals surface area contributed by atoms with E-state index >= 15 is 0 Å². The summed E-state index contributed by atoms with van der Waals surface area (Å²) < 4.78 is 11.5. The highest BCUT2D eigenvalue weighted by atomic mass is 16.7. The first kappa shape index (κ1) is 15.0. The maximum Gasteiger partial charge on any atom is 0.253 e. The number of Topliss-reactive ketones (excluding diaryl/α,β-unsaturated/α-hetero) is 1. The summed E-state index contributed by atoms with van der Waals surface area (Å²) in [6.07, 6.45) is 1.61. The zero-order valence-corrected chi connectivity index (χ0v) is 12.0. The molecule has 0 spiro atoms. The van der Waals surface area contributed by atoms with Crippen molar-refractivity contribution in [1.29, 1.82) is 0 Å². The van der Waals surface area contributed by atoms with Gasteiger partial charge in [0.25, 0.3) is 5.56 Å². The Balaban J connectivity index is 2.10. The molecule has 1 aromatic heterocycles. The Kier molecular flexibility index (Phi) is 4.90. The lowest BCUT2D eigenvalue weighted by molar-refractivity contribution is 0.0511. The van der Waals surface area contributed by atoms with E-state index in [1.165, 1.54) is 11.7 Å². The van der Waals surface area contributed by atoms with Crippen LogP contribution in [-0.4, -0.2) is 24.3 Å². The topological polar surface area (TPSA) is 57.5 Å². The van der Waals surface area contributed by atoms with E-state index in [1.807, 2.05) is 0 Å². The van der Waals surface area contributed by atoms with Crippen LogP contribution in [0.5, 0.6) is 5.75 Å². The van der Waals surface area contributed by atoms with Gasteiger partial charge in [0.05, 0.1) is 6.54 Å². The highest BCUT2D eigenvalue weighted by Gasteiger charge is 2.08. The summed E-state index contributed by atoms with van der Waals surface area (Å²) >= 11 is 0. The van der Waals surface area contributed by atoms with Crippen LogP contribution in [0, 0.1) is 6.92 Å². The number of nitrogens with zero attached hydrogens (tertiary/aromatic N) is 1. The van der Waals surface area contributed by atoms with Crippen LogP contribution in [0.1, 0.15) is 15.9 Å². The first-order valence-corrected chi connectivity index (χ1v) is 6.53. The highest BCUT2D eigenvalue weighted by Crippen LogP contribution is 2.13. The first-order valence-electron chi connectivity index (χ1n) is 6.53. The molecule has 0 saturated carbocycles. The standard InChI is InChI=1S/C16H17NO4/c1-12-4-3-9-17(16(12)19)10-15(18)13-5-7-14(8-6-13)21-11-20-2/h3-9H,10-11H2,1-2H3. The van der Waals surface area contributed by atoms with Crippen LogP contribution in [0.4, 0.5) is 0 Å². The number of carbonyl (C=O) groups is 1. The lowest BCUT2D eigenvalue weighted by atomic mass is 10.1. The SMILES string of the molecule is COCOc1ccc(C(=O)Cn2cccc(C)c2=O)cc1. The number of aryl methyl sites for hydroxylation is 1. The summed E-state index contributed by atoms with van der Waals surface area (Å²) in [5.74, 6) is 0.502. The van der Waals surface area contributed by atoms with E-state index < -0.39 is 0 Å². The van der Waals surface area contributed by atoms with Gasteiger partial charge in [0, 0.05) is 24.4 Å². The zero-order valence-electron chi connectivity index (χ0n) is 12.0. The number of rotatable bonds is 6. The number of ether oxygens (including phenoxy) is 2. The lowest BCUT2D eigenvalue weighted by Gasteiger charge is -2.07. The summed E-state index contributed by atoms with van der Waals surface area (Å²) in [7, 11) is 1.54. The molecule has 0 aliphatic carbocycles. The molecule has 5 heteroatoms. The molecule has 0 atom stereocenters. The van der Waals surface area contributed by atoms with Crippen LogP contribution in [0.25, 0.3) is 0 Å². The van der Waals surface area contributed by atoms with Crippen molar-refractivity contribution in [3.63, 3.8) is 0 Å². The Morgan fingerprint density at radius 1 is 1.19 bits per heavy atom. The van der Waals surface area contributed by atoms with Gasteiger partial charge in [-0.05, 0) is 37.3 Å². The number of methoxy groups -OCH3 is 1. The van der Waals surface area contributed by atoms with Crippen molar-refractivity contribution in [3.05, 3.63) is 64.1 Å². The predicted octanol–water partition coefficient (Wildman–Crippen LogP) is 2.02. The minimum atomic E-state index is -0.147. The number of hydrogen-bond donors (Lipinski definition) is 0. The maximum atomic E-state index is 12.2. The third-order valence-corrected chi connectivity index (χ3v) is 3.04. The largest absolute Gasteiger partial charge is 0.468 e. The Labute approximate surface area is 122 Å². The minimum absolute atomic E-state index is 0.0266. The summed E-state index contributed by atoms with van der Waals surface area (Å²) in [6.45, 7) is 1.91. The van der Waals surface area contributed by atoms with E-state index in [0.29, 0.717) is 16.9 Å². The van der Waals surface area contributed by atoms with E-state index in [4.69, 9.17) is 9.47 Å². The molecule has 0 unspecified atom stereocenters. The Morgan fingerprint density at radius 2 is 1.90 bits per heavy atom. The molecule has 2 rings (SSSR count). The van der Waals surface area contributed by atoms with Crippen LogP contribution in [0.3, 0.4) is 0 Å². The molecule has 1 aromatic carbocycles. The van der Waals surface area contributed by atoms with Gasteiger partial charge in [-0.25, -0.2) is 0 Å². The van der Waals surface area contributed by atoms with E-state index in [-0.39, 0.29) is 24.7 Å². The molecule has 0 amide bonds. The van der Waals surface area contributed by atoms with Gasteiger partial charge in [-0.2, -0.15) is 0 Å². The molecule has 2 aromatic rings. The number of benzene rings is 1. The molecule has 0 aliphatic rings. The van der Waals surface area contributed by atoms with Gasteiger partial charge in [-0.1, -0.05) is 6.07 Å². The Morgan fingerprint density at radius 3 is 2.57 bits per heavy atom. The molecular weight excluding hydrogens is 270 g/mol. The van der Waals surface area contributed by atoms with Crippen molar-refractivity contribution in [2.45, 2.75) is 13.5 Å². The van der Waals surface area contributed by atoms with Crippen LogP contribution in [0.2, 0.25) is 0 Å². The summed E-state index contributed by atoms with van der Waals surface area (Å²) in [6, 6.07) is 10.2. The van der Waals surface area contributed by atoms with Crippen molar-refractivity contribution >= 4 is 5.78 Å². The first-order chi connectivity index (χ1) is 10.1. The number of hydrogen-bond acceptors (Lipinski definition) is 4. The second-order valence-electron chi connectivity index (χ2n) is 4.62. The smallest absolute Gasteiger partial charge is 0.253 e. The van der Waals surface area contributed by atoms with Crippen LogP contribution >= 0.6 is 0 Å². The monoisotopic (exact) mass is 287 g/mol. The number of pyridine rings is 1. The fourth-order valence-electron chi connectivity index (χ4n) is 1.89. The third-order valence-electron chi connectivity index (χ3n) is 3.04. The lowest BCUT2D eigenvalue weighted by Crippen LogP contribution is -2.25. The molecule has 1 heterocycles. The summed E-state index contributed by atoms with van der Waals surface area (Å²) in [5, 5.41) is 0. The molecular formula is C16H17NO4. The van der Waals surface area contributed by atoms with Crippen molar-refractivity contribution in [1.82, 2.24) is 4.57 Å². The number of ketones is 1. The average Bonchev–Trinajstić information content (AvgIpc) is 2.50. The van der Waals surface area contributed by atoms with E-state index in [0.717, 1.165) is 0 Å². The molecule has 110 valence electrons. The predicted molar refractivity (Wildman–Crippen MR) is 78.7 cm³/mol. The molecule has 0 saturated heterocycles. The van der Waals surface area contributed by atoms with Gasteiger partial charge >= 0.3 is 0 Å². The molecule has 0 radical (unpaired) electrons. The third kappa shape index (κ3) is 3.79. The molecule has 0 aliphatic heterocycles. The second kappa shape index (κ2) is 6.85. The van der Waals surface area contributed by atoms with Gasteiger partial charge in [0.1, 0.15) is 5.75 Å². The Bertz CT molecular complexity index is 673. The zero-order chi connectivity index (χ0) is 15.2. The van der Waals surface area contributed by atoms with Crippen molar-refractivity contribution in [3.8, 4) is 5.75 Å². The van der Waals surface area contributed by atoms with Gasteiger partial charge < -0.3 is 14.0 Å². The fourth-order valence-corrected chi connectivity index (χ4v) is 1.89. The van der Waals surface area contributed by atoms with Crippen molar-refractivity contribution in [2.24, 2.45) is 0 Å². The fraction of sp³-hybridized carbons (Fsp3) is 0.250. The molecule has 0 N–H and O–H groups in total. The molecule has 0 fully saturated rings. The van der Waals surface area contributed by atoms with Crippen molar-refractivity contribution < 1.29 is 14.3 Å². The van der Waals surface area contributed by atoms with E-state index in [1.54, 1.807) is 49.5 Å². The van der Waals surface area contributed by atoms with E-state index in [9.17, 15) is 9.59 Å². The van der Waals surface area contributed by atoms with Crippen LogP contribution in [-0.2, 0) is 11.3 Å². The van der Waals surface area contributed by atoms with Crippen molar-refractivity contribution in [2.75, 3.05) is 13.9 Å². The summed E-state index contributed by atoms with van der Waals surface area (Å²) in [5.41, 5.74) is 1.01. The quantitative estimate of drug-likeness (QED) is 0.602. The molecule has 5 nitrogen and oxygen atoms in total. The van der Waals surface area contributed by atoms with Crippen LogP contribution in [0.15, 0.2) is 47.4 Å². The number of aromatic nitrogens is 1. The average molecular weight is 287 g/mol. The maximum absolute atomic E-state index is 12.2. The number of carbonyl (C=O) groups excluding carboxylic acids is 1. The van der Waals surface area contributed by atoms with Gasteiger partial charge in [0.15, 0.2) is 12.6 Å². The van der Waals surface area contributed by atoms with E-state index in [2.05, 4.69) is 0 Å². The summed E-state index contributed by atoms with van der Waals surface area (Å²) in [4.78, 5) is 24.1. The normalized spacial score (nSPS) is 10.4.